The fourth-order valence-electron chi connectivity index (χ4n) is 2.27. The summed E-state index contributed by atoms with van der Waals surface area (Å²) in [6.07, 6.45) is -4.14. The molecule has 1 fully saturated rings. The molecule has 2 rings (SSSR count). The Morgan fingerprint density at radius 3 is 2.32 bits per heavy atom. The quantitative estimate of drug-likeness (QED) is 0.729. The van der Waals surface area contributed by atoms with Crippen molar-refractivity contribution in [3.05, 3.63) is 29.8 Å². The second-order valence-electron chi connectivity index (χ2n) is 5.55. The van der Waals surface area contributed by atoms with E-state index < -0.39 is 39.6 Å². The van der Waals surface area contributed by atoms with E-state index in [1.165, 1.54) is 0 Å². The molecule has 0 aliphatic carbocycles. The van der Waals surface area contributed by atoms with Crippen molar-refractivity contribution in [2.24, 2.45) is 0 Å². The molecule has 3 N–H and O–H groups in total. The summed E-state index contributed by atoms with van der Waals surface area (Å²) in [6, 6.07) is 2.58. The lowest BCUT2D eigenvalue weighted by molar-refractivity contribution is -0.137. The summed E-state index contributed by atoms with van der Waals surface area (Å²) in [7, 11) is -3.12. The van der Waals surface area contributed by atoms with Crippen LogP contribution in [0.2, 0.25) is 0 Å². The Kier molecular flexibility index (Phi) is 5.55. The summed E-state index contributed by atoms with van der Waals surface area (Å²) in [5, 5.41) is 7.02. The number of hydrogen-bond donors (Lipinski definition) is 3. The lowest BCUT2D eigenvalue weighted by Crippen LogP contribution is -2.43. The number of halogens is 3. The number of alkyl halides is 3. The van der Waals surface area contributed by atoms with Crippen molar-refractivity contribution >= 4 is 27.5 Å². The van der Waals surface area contributed by atoms with E-state index in [1.54, 1.807) is 0 Å². The predicted molar refractivity (Wildman–Crippen MR) is 83.7 cm³/mol. The number of carbonyl (C=O) groups is 2. The second kappa shape index (κ2) is 7.30. The molecule has 0 spiro atoms. The van der Waals surface area contributed by atoms with Crippen molar-refractivity contribution < 1.29 is 31.2 Å². The van der Waals surface area contributed by atoms with Crippen LogP contribution in [0.5, 0.6) is 0 Å². The van der Waals surface area contributed by atoms with E-state index in [-0.39, 0.29) is 23.7 Å². The highest BCUT2D eigenvalue weighted by atomic mass is 32.2. The molecule has 25 heavy (non-hydrogen) atoms. The van der Waals surface area contributed by atoms with Crippen LogP contribution in [0.4, 0.5) is 23.7 Å². The van der Waals surface area contributed by atoms with Gasteiger partial charge in [0, 0.05) is 11.7 Å². The molecule has 1 aromatic rings. The third kappa shape index (κ3) is 5.93. The second-order valence-corrected chi connectivity index (χ2v) is 7.78. The first-order chi connectivity index (χ1) is 11.5. The number of urea groups is 1. The monoisotopic (exact) mass is 379 g/mol. The number of nitrogens with one attached hydrogen (secondary N) is 3. The number of benzene rings is 1. The van der Waals surface area contributed by atoms with Crippen molar-refractivity contribution in [2.45, 2.75) is 18.6 Å². The zero-order chi connectivity index (χ0) is 18.7. The number of amides is 3. The van der Waals surface area contributed by atoms with E-state index in [0.29, 0.717) is 6.42 Å². The summed E-state index contributed by atoms with van der Waals surface area (Å²) in [6.45, 7) is -0.386. The van der Waals surface area contributed by atoms with Gasteiger partial charge in [0.2, 0.25) is 5.91 Å². The van der Waals surface area contributed by atoms with Gasteiger partial charge in [-0.15, -0.1) is 0 Å². The molecule has 1 aliphatic rings. The fourth-order valence-corrected chi connectivity index (χ4v) is 3.94. The van der Waals surface area contributed by atoms with Gasteiger partial charge in [-0.25, -0.2) is 13.2 Å². The maximum absolute atomic E-state index is 12.4. The minimum Gasteiger partial charge on any atom is -0.351 e. The van der Waals surface area contributed by atoms with E-state index in [1.807, 2.05) is 0 Å². The van der Waals surface area contributed by atoms with Crippen LogP contribution in [0.25, 0.3) is 0 Å². The van der Waals surface area contributed by atoms with Crippen molar-refractivity contribution in [3.8, 4) is 0 Å². The van der Waals surface area contributed by atoms with Crippen molar-refractivity contribution in [2.75, 3.05) is 23.4 Å². The van der Waals surface area contributed by atoms with Gasteiger partial charge in [0.15, 0.2) is 9.84 Å². The first-order valence-corrected chi connectivity index (χ1v) is 9.09. The first-order valence-electron chi connectivity index (χ1n) is 7.27. The summed E-state index contributed by atoms with van der Waals surface area (Å²) in [4.78, 5) is 23.3. The summed E-state index contributed by atoms with van der Waals surface area (Å²) < 4.78 is 59.8. The van der Waals surface area contributed by atoms with Crippen molar-refractivity contribution in [1.29, 1.82) is 0 Å². The molecule has 138 valence electrons. The van der Waals surface area contributed by atoms with E-state index in [4.69, 9.17) is 0 Å². The normalized spacial score (nSPS) is 19.2. The molecule has 7 nitrogen and oxygen atoms in total. The molecule has 1 heterocycles. The van der Waals surface area contributed by atoms with Gasteiger partial charge in [-0.3, -0.25) is 4.79 Å². The number of anilines is 1. The maximum Gasteiger partial charge on any atom is 0.416 e. The Morgan fingerprint density at radius 1 is 1.16 bits per heavy atom. The van der Waals surface area contributed by atoms with E-state index in [9.17, 15) is 31.2 Å². The first kappa shape index (κ1) is 19.0. The molecule has 3 amide bonds. The average Bonchev–Trinajstić information content (AvgIpc) is 2.83. The minimum atomic E-state index is -4.47. The molecule has 1 atom stereocenters. The third-order valence-electron chi connectivity index (χ3n) is 3.48. The Labute approximate surface area is 141 Å². The highest BCUT2D eigenvalue weighted by molar-refractivity contribution is 7.91. The van der Waals surface area contributed by atoms with Gasteiger partial charge in [0.05, 0.1) is 23.6 Å². The van der Waals surface area contributed by atoms with Crippen LogP contribution in [-0.2, 0) is 20.8 Å². The zero-order valence-electron chi connectivity index (χ0n) is 12.9. The Balaban J connectivity index is 1.76. The molecule has 1 saturated heterocycles. The zero-order valence-corrected chi connectivity index (χ0v) is 13.7. The van der Waals surface area contributed by atoms with Crippen molar-refractivity contribution in [3.63, 3.8) is 0 Å². The van der Waals surface area contributed by atoms with Crippen LogP contribution < -0.4 is 16.0 Å². The molecular weight excluding hydrogens is 363 g/mol. The lowest BCUT2D eigenvalue weighted by Gasteiger charge is -2.12. The van der Waals surface area contributed by atoms with Gasteiger partial charge < -0.3 is 16.0 Å². The van der Waals surface area contributed by atoms with Gasteiger partial charge in [0.25, 0.3) is 0 Å². The fraction of sp³-hybridized carbons (Fsp3) is 0.429. The van der Waals surface area contributed by atoms with Gasteiger partial charge >= 0.3 is 12.2 Å². The third-order valence-corrected chi connectivity index (χ3v) is 5.25. The molecule has 1 aromatic carbocycles. The Bertz CT molecular complexity index is 748. The molecule has 0 unspecified atom stereocenters. The SMILES string of the molecule is O=C(CNC(=O)Nc1ccc(C(F)(F)F)cc1)N[C@@H]1CCS(=O)(=O)C1. The molecule has 11 heteroatoms. The smallest absolute Gasteiger partial charge is 0.351 e. The number of sulfone groups is 1. The van der Waals surface area contributed by atoms with Crippen LogP contribution >= 0.6 is 0 Å². The molecular formula is C14H16F3N3O4S. The van der Waals surface area contributed by atoms with Gasteiger partial charge in [-0.2, -0.15) is 13.2 Å². The molecule has 0 aromatic heterocycles. The number of carbonyl (C=O) groups excluding carboxylic acids is 2. The average molecular weight is 379 g/mol. The van der Waals surface area contributed by atoms with Crippen LogP contribution in [0.15, 0.2) is 24.3 Å². The topological polar surface area (TPSA) is 104 Å². The Hall–Kier alpha value is -2.30. The van der Waals surface area contributed by atoms with Crippen LogP contribution in [0.1, 0.15) is 12.0 Å². The van der Waals surface area contributed by atoms with Gasteiger partial charge in [-0.1, -0.05) is 0 Å². The highest BCUT2D eigenvalue weighted by Crippen LogP contribution is 2.29. The summed E-state index contributed by atoms with van der Waals surface area (Å²) in [5.74, 6) is -0.666. The van der Waals surface area contributed by atoms with Crippen LogP contribution in [0, 0.1) is 0 Å². The van der Waals surface area contributed by atoms with E-state index in [2.05, 4.69) is 16.0 Å². The van der Waals surface area contributed by atoms with Gasteiger partial charge in [-0.05, 0) is 30.7 Å². The standard InChI is InChI=1S/C14H16F3N3O4S/c15-14(16,17)9-1-3-10(4-2-9)20-13(22)18-7-12(21)19-11-5-6-25(23,24)8-11/h1-4,11H,5-8H2,(H,19,21)(H2,18,20,22)/t11-/m1/s1. The molecule has 0 saturated carbocycles. The van der Waals surface area contributed by atoms with Crippen molar-refractivity contribution in [1.82, 2.24) is 10.6 Å². The largest absolute Gasteiger partial charge is 0.416 e. The van der Waals surface area contributed by atoms with E-state index in [0.717, 1.165) is 24.3 Å². The maximum atomic E-state index is 12.4. The van der Waals surface area contributed by atoms with E-state index >= 15 is 0 Å². The summed E-state index contributed by atoms with van der Waals surface area (Å²) in [5.41, 5.74) is -0.711. The van der Waals surface area contributed by atoms with Crippen LogP contribution in [-0.4, -0.2) is 44.4 Å². The predicted octanol–water partition coefficient (Wildman–Crippen LogP) is 1.13. The lowest BCUT2D eigenvalue weighted by atomic mass is 10.2. The number of hydrogen-bond acceptors (Lipinski definition) is 4. The minimum absolute atomic E-state index is 0.0137. The van der Waals surface area contributed by atoms with Gasteiger partial charge in [0.1, 0.15) is 0 Å². The summed E-state index contributed by atoms with van der Waals surface area (Å²) >= 11 is 0. The van der Waals surface area contributed by atoms with Crippen LogP contribution in [0.3, 0.4) is 0 Å². The molecule has 1 aliphatic heterocycles. The number of rotatable bonds is 4. The molecule has 0 bridgehead atoms. The Morgan fingerprint density at radius 2 is 1.80 bits per heavy atom. The highest BCUT2D eigenvalue weighted by Gasteiger charge is 2.30. The molecule has 0 radical (unpaired) electrons.